The largest absolute Gasteiger partial charge is 0.486 e. The molecule has 0 spiro atoms. The van der Waals surface area contributed by atoms with Gasteiger partial charge < -0.3 is 23.8 Å². The lowest BCUT2D eigenvalue weighted by Crippen LogP contribution is -2.41. The van der Waals surface area contributed by atoms with Crippen molar-refractivity contribution < 1.29 is 23.7 Å². The van der Waals surface area contributed by atoms with Crippen molar-refractivity contribution in [1.29, 1.82) is 0 Å². The molecule has 6 heterocycles. The zero-order valence-electron chi connectivity index (χ0n) is 20.7. The minimum absolute atomic E-state index is 0.179. The number of cyclic esters (lactones) is 1. The van der Waals surface area contributed by atoms with Crippen LogP contribution >= 0.6 is 0 Å². The van der Waals surface area contributed by atoms with Crippen LogP contribution in [0.1, 0.15) is 6.42 Å². The van der Waals surface area contributed by atoms with E-state index in [0.717, 1.165) is 55.0 Å². The van der Waals surface area contributed by atoms with Crippen LogP contribution in [0.4, 0.5) is 16.2 Å². The summed E-state index contributed by atoms with van der Waals surface area (Å²) in [4.78, 5) is 28.5. The highest BCUT2D eigenvalue weighted by Crippen LogP contribution is 2.38. The van der Waals surface area contributed by atoms with E-state index in [0.29, 0.717) is 49.1 Å². The molecular formula is C27H29N5O5. The third-order valence-electron chi connectivity index (χ3n) is 7.90. The van der Waals surface area contributed by atoms with Crippen molar-refractivity contribution in [3.05, 3.63) is 42.6 Å². The van der Waals surface area contributed by atoms with E-state index >= 15 is 0 Å². The summed E-state index contributed by atoms with van der Waals surface area (Å²) in [5.74, 6) is 2.54. The van der Waals surface area contributed by atoms with Gasteiger partial charge in [0.05, 0.1) is 30.5 Å². The number of methoxy groups -OCH3 is 1. The van der Waals surface area contributed by atoms with Crippen molar-refractivity contribution >= 4 is 28.5 Å². The Bertz CT molecular complexity index is 1350. The van der Waals surface area contributed by atoms with E-state index in [9.17, 15) is 4.79 Å². The van der Waals surface area contributed by atoms with Gasteiger partial charge in [0, 0.05) is 44.0 Å². The molecule has 0 radical (unpaired) electrons. The van der Waals surface area contributed by atoms with Crippen molar-refractivity contribution in [2.75, 3.05) is 62.8 Å². The molecule has 3 atom stereocenters. The van der Waals surface area contributed by atoms with E-state index in [4.69, 9.17) is 18.9 Å². The normalized spacial score (nSPS) is 25.0. The number of rotatable bonds is 5. The summed E-state index contributed by atoms with van der Waals surface area (Å²) in [5.41, 5.74) is 3.60. The fourth-order valence-electron chi connectivity index (χ4n) is 6.12. The second-order valence-electron chi connectivity index (χ2n) is 10.0. The van der Waals surface area contributed by atoms with Crippen LogP contribution in [0.15, 0.2) is 42.6 Å². The van der Waals surface area contributed by atoms with Gasteiger partial charge in [0.1, 0.15) is 24.8 Å². The third kappa shape index (κ3) is 3.96. The van der Waals surface area contributed by atoms with Crippen molar-refractivity contribution in [3.8, 4) is 17.4 Å². The maximum absolute atomic E-state index is 12.8. The first-order chi connectivity index (χ1) is 18.2. The lowest BCUT2D eigenvalue weighted by atomic mass is 10.1. The second kappa shape index (κ2) is 8.95. The molecule has 4 aliphatic rings. The minimum Gasteiger partial charge on any atom is -0.486 e. The molecule has 0 bridgehead atoms. The number of nitrogens with zero attached hydrogens (tertiary/aromatic N) is 5. The second-order valence-corrected chi connectivity index (χ2v) is 10.0. The highest BCUT2D eigenvalue weighted by molar-refractivity contribution is 5.90. The number of anilines is 2. The maximum atomic E-state index is 12.8. The molecule has 3 saturated heterocycles. The van der Waals surface area contributed by atoms with E-state index in [1.54, 1.807) is 12.0 Å². The standard InChI is InChI=1S/C27H29N5O5/c1-34-25-5-3-20-26(29-25)21(6-8-28-20)31-13-17-7-9-30(22(17)16-31)14-19-15-32(27(33)37-19)18-2-4-23-24(12-18)36-11-10-35-23/h2-6,8,12,17,19,22H,7,9-11,13-16H2,1H3/t17-,19+,22+/m0/s1. The summed E-state index contributed by atoms with van der Waals surface area (Å²) in [6.45, 7) is 5.21. The van der Waals surface area contributed by atoms with Gasteiger partial charge in [-0.05, 0) is 43.1 Å². The van der Waals surface area contributed by atoms with E-state index in [1.165, 1.54) is 0 Å². The molecule has 192 valence electrons. The predicted octanol–water partition coefficient (Wildman–Crippen LogP) is 2.95. The number of benzene rings is 1. The Balaban J connectivity index is 1.04. The van der Waals surface area contributed by atoms with Crippen LogP contribution in [0.2, 0.25) is 0 Å². The minimum atomic E-state index is -0.311. The van der Waals surface area contributed by atoms with E-state index in [1.807, 2.05) is 42.6 Å². The van der Waals surface area contributed by atoms with Crippen LogP contribution < -0.4 is 24.0 Å². The number of fused-ring (bicyclic) bond motifs is 3. The summed E-state index contributed by atoms with van der Waals surface area (Å²) >= 11 is 0. The highest BCUT2D eigenvalue weighted by Gasteiger charge is 2.44. The van der Waals surface area contributed by atoms with Gasteiger partial charge in [-0.25, -0.2) is 9.78 Å². The molecule has 2 aromatic heterocycles. The van der Waals surface area contributed by atoms with Gasteiger partial charge >= 0.3 is 6.09 Å². The molecule has 37 heavy (non-hydrogen) atoms. The van der Waals surface area contributed by atoms with Crippen LogP contribution in [0.3, 0.4) is 0 Å². The molecule has 3 aromatic rings. The molecule has 0 N–H and O–H groups in total. The predicted molar refractivity (Wildman–Crippen MR) is 137 cm³/mol. The molecule has 7 rings (SSSR count). The fraction of sp³-hybridized carbons (Fsp3) is 0.444. The molecule has 0 aliphatic carbocycles. The molecule has 0 saturated carbocycles. The lowest BCUT2D eigenvalue weighted by Gasteiger charge is -2.27. The van der Waals surface area contributed by atoms with Gasteiger partial charge in [-0.2, -0.15) is 0 Å². The van der Waals surface area contributed by atoms with Crippen LogP contribution in [-0.4, -0.2) is 86.2 Å². The Kier molecular flexibility index (Phi) is 5.42. The van der Waals surface area contributed by atoms with Gasteiger partial charge in [-0.15, -0.1) is 0 Å². The maximum Gasteiger partial charge on any atom is 0.414 e. The molecule has 1 aromatic carbocycles. The van der Waals surface area contributed by atoms with Crippen molar-refractivity contribution in [1.82, 2.24) is 14.9 Å². The molecule has 3 fully saturated rings. The van der Waals surface area contributed by atoms with Gasteiger partial charge in [0.25, 0.3) is 0 Å². The van der Waals surface area contributed by atoms with Crippen LogP contribution in [0, 0.1) is 5.92 Å². The third-order valence-corrected chi connectivity index (χ3v) is 7.90. The van der Waals surface area contributed by atoms with E-state index in [2.05, 4.69) is 19.8 Å². The smallest absolute Gasteiger partial charge is 0.414 e. The van der Waals surface area contributed by atoms with Gasteiger partial charge in [0.2, 0.25) is 5.88 Å². The van der Waals surface area contributed by atoms with E-state index < -0.39 is 0 Å². The quantitative estimate of drug-likeness (QED) is 0.521. The molecule has 1 amide bonds. The fourth-order valence-corrected chi connectivity index (χ4v) is 6.12. The summed E-state index contributed by atoms with van der Waals surface area (Å²) < 4.78 is 22.5. The molecule has 10 nitrogen and oxygen atoms in total. The van der Waals surface area contributed by atoms with Gasteiger partial charge in [-0.1, -0.05) is 0 Å². The first kappa shape index (κ1) is 22.4. The molecular weight excluding hydrogens is 474 g/mol. The SMILES string of the molecule is COc1ccc2nccc(N3C[C@@H]4CCN(C[C@@H]5CN(c6ccc7c(c6)OCCO7)C(=O)O5)[C@@H]4C3)c2n1. The molecule has 0 unspecified atom stereocenters. The van der Waals surface area contributed by atoms with Gasteiger partial charge in [-0.3, -0.25) is 14.8 Å². The Hall–Kier alpha value is -3.79. The number of carbonyl (C=O) groups is 1. The number of aromatic nitrogens is 2. The zero-order valence-corrected chi connectivity index (χ0v) is 20.7. The van der Waals surface area contributed by atoms with Crippen LogP contribution in [0.5, 0.6) is 17.4 Å². The molecule has 10 heteroatoms. The van der Waals surface area contributed by atoms with Crippen LogP contribution in [0.25, 0.3) is 11.0 Å². The monoisotopic (exact) mass is 503 g/mol. The highest BCUT2D eigenvalue weighted by atomic mass is 16.6. The summed E-state index contributed by atoms with van der Waals surface area (Å²) in [5, 5.41) is 0. The van der Waals surface area contributed by atoms with Gasteiger partial charge in [0.15, 0.2) is 11.5 Å². The first-order valence-corrected chi connectivity index (χ1v) is 12.8. The Morgan fingerprint density at radius 3 is 2.84 bits per heavy atom. The number of amides is 1. The Morgan fingerprint density at radius 2 is 1.95 bits per heavy atom. The van der Waals surface area contributed by atoms with Crippen molar-refractivity contribution in [3.63, 3.8) is 0 Å². The number of pyridine rings is 2. The van der Waals surface area contributed by atoms with Crippen molar-refractivity contribution in [2.45, 2.75) is 18.6 Å². The lowest BCUT2D eigenvalue weighted by molar-refractivity contribution is 0.104. The average Bonchev–Trinajstić information content (AvgIpc) is 3.63. The van der Waals surface area contributed by atoms with Crippen LogP contribution in [-0.2, 0) is 4.74 Å². The number of carbonyl (C=O) groups excluding carboxylic acids is 1. The Morgan fingerprint density at radius 1 is 1.05 bits per heavy atom. The van der Waals surface area contributed by atoms with E-state index in [-0.39, 0.29) is 12.2 Å². The first-order valence-electron chi connectivity index (χ1n) is 12.8. The number of hydrogen-bond donors (Lipinski definition) is 0. The average molecular weight is 504 g/mol. The Labute approximate surface area is 214 Å². The summed E-state index contributed by atoms with van der Waals surface area (Å²) in [6, 6.07) is 11.9. The summed E-state index contributed by atoms with van der Waals surface area (Å²) in [7, 11) is 1.63. The number of likely N-dealkylation sites (tertiary alicyclic amines) is 1. The number of ether oxygens (including phenoxy) is 4. The summed E-state index contributed by atoms with van der Waals surface area (Å²) in [6.07, 6.45) is 2.49. The topological polar surface area (TPSA) is 89.5 Å². The number of hydrogen-bond acceptors (Lipinski definition) is 9. The molecule has 4 aliphatic heterocycles. The van der Waals surface area contributed by atoms with Crippen molar-refractivity contribution in [2.24, 2.45) is 5.92 Å². The zero-order chi connectivity index (χ0) is 24.9.